The first kappa shape index (κ1) is 17.2. The first-order valence-electron chi connectivity index (χ1n) is 8.02. The molecule has 0 saturated carbocycles. The van der Waals surface area contributed by atoms with Gasteiger partial charge in [-0.2, -0.15) is 5.10 Å². The van der Waals surface area contributed by atoms with Gasteiger partial charge in [-0.3, -0.25) is 9.48 Å². The number of ether oxygens (including phenoxy) is 1. The number of benzene rings is 1. The molecule has 1 amide bonds. The molecule has 3 aromatic rings. The molecule has 2 heterocycles. The van der Waals surface area contributed by atoms with Crippen molar-refractivity contribution in [2.45, 2.75) is 20.1 Å². The number of nitrogens with zero attached hydrogens (tertiary/aromatic N) is 3. The molecule has 0 N–H and O–H groups in total. The maximum absolute atomic E-state index is 12.6. The van der Waals surface area contributed by atoms with Crippen LogP contribution in [0.15, 0.2) is 48.0 Å². The number of aryl methyl sites for hydroxylation is 2. The monoisotopic (exact) mass is 355 g/mol. The van der Waals surface area contributed by atoms with Gasteiger partial charge in [0, 0.05) is 25.9 Å². The van der Waals surface area contributed by atoms with Crippen LogP contribution in [0.2, 0.25) is 0 Å². The predicted octanol–water partition coefficient (Wildman–Crippen LogP) is 3.64. The van der Waals surface area contributed by atoms with Gasteiger partial charge in [0.15, 0.2) is 0 Å². The molecule has 0 aliphatic rings. The zero-order chi connectivity index (χ0) is 17.8. The summed E-state index contributed by atoms with van der Waals surface area (Å²) in [6, 6.07) is 11.8. The molecule has 130 valence electrons. The molecule has 0 unspecified atom stereocenters. The lowest BCUT2D eigenvalue weighted by Gasteiger charge is -2.16. The highest BCUT2D eigenvalue weighted by molar-refractivity contribution is 7.12. The Morgan fingerprint density at radius 2 is 2.04 bits per heavy atom. The minimum atomic E-state index is 0.00721. The number of hydrogen-bond acceptors (Lipinski definition) is 4. The van der Waals surface area contributed by atoms with Crippen molar-refractivity contribution >= 4 is 17.2 Å². The smallest absolute Gasteiger partial charge is 0.264 e. The van der Waals surface area contributed by atoms with E-state index < -0.39 is 0 Å². The minimum Gasteiger partial charge on any atom is -0.489 e. The zero-order valence-electron chi connectivity index (χ0n) is 14.6. The van der Waals surface area contributed by atoms with Crippen molar-refractivity contribution < 1.29 is 9.53 Å². The standard InChI is InChI=1S/C19H21N3O2S/c1-14-4-6-17(7-5-14)24-12-15-10-18(25-13-15)19(23)21(2)11-16-8-9-20-22(16)3/h4-10,13H,11-12H2,1-3H3. The van der Waals surface area contributed by atoms with E-state index in [0.717, 1.165) is 17.0 Å². The van der Waals surface area contributed by atoms with Gasteiger partial charge in [-0.05, 0) is 36.6 Å². The summed E-state index contributed by atoms with van der Waals surface area (Å²) in [6.07, 6.45) is 1.74. The van der Waals surface area contributed by atoms with Crippen molar-refractivity contribution in [1.82, 2.24) is 14.7 Å². The van der Waals surface area contributed by atoms with Crippen molar-refractivity contribution in [3.63, 3.8) is 0 Å². The van der Waals surface area contributed by atoms with Gasteiger partial charge in [0.05, 0.1) is 17.1 Å². The highest BCUT2D eigenvalue weighted by Crippen LogP contribution is 2.20. The van der Waals surface area contributed by atoms with E-state index in [1.807, 2.05) is 55.7 Å². The Hall–Kier alpha value is -2.60. The van der Waals surface area contributed by atoms with E-state index in [-0.39, 0.29) is 5.91 Å². The van der Waals surface area contributed by atoms with Crippen molar-refractivity contribution in [3.8, 4) is 5.75 Å². The van der Waals surface area contributed by atoms with Gasteiger partial charge >= 0.3 is 0 Å². The number of hydrogen-bond donors (Lipinski definition) is 0. The summed E-state index contributed by atoms with van der Waals surface area (Å²) < 4.78 is 7.55. The fourth-order valence-corrected chi connectivity index (χ4v) is 3.31. The molecular formula is C19H21N3O2S. The largest absolute Gasteiger partial charge is 0.489 e. The number of thiophene rings is 1. The molecule has 0 spiro atoms. The second-order valence-corrected chi connectivity index (χ2v) is 6.94. The first-order valence-corrected chi connectivity index (χ1v) is 8.90. The molecule has 6 heteroatoms. The number of carbonyl (C=O) groups is 1. The van der Waals surface area contributed by atoms with Crippen LogP contribution in [0.1, 0.15) is 26.5 Å². The van der Waals surface area contributed by atoms with Crippen LogP contribution in [0.3, 0.4) is 0 Å². The molecule has 3 rings (SSSR count). The summed E-state index contributed by atoms with van der Waals surface area (Å²) >= 11 is 1.45. The van der Waals surface area contributed by atoms with Gasteiger partial charge in [-0.15, -0.1) is 11.3 Å². The Morgan fingerprint density at radius 1 is 1.28 bits per heavy atom. The van der Waals surface area contributed by atoms with Crippen molar-refractivity contribution in [3.05, 3.63) is 69.7 Å². The van der Waals surface area contributed by atoms with Crippen LogP contribution >= 0.6 is 11.3 Å². The number of amides is 1. The van der Waals surface area contributed by atoms with Crippen LogP contribution < -0.4 is 4.74 Å². The maximum atomic E-state index is 12.6. The molecule has 0 saturated heterocycles. The third-order valence-corrected chi connectivity index (χ3v) is 4.93. The lowest BCUT2D eigenvalue weighted by atomic mass is 10.2. The van der Waals surface area contributed by atoms with Gasteiger partial charge in [0.25, 0.3) is 5.91 Å². The summed E-state index contributed by atoms with van der Waals surface area (Å²) in [4.78, 5) is 15.0. The van der Waals surface area contributed by atoms with E-state index in [0.29, 0.717) is 18.0 Å². The number of carbonyl (C=O) groups excluding carboxylic acids is 1. The molecule has 0 atom stereocenters. The van der Waals surface area contributed by atoms with Gasteiger partial charge < -0.3 is 9.64 Å². The molecule has 0 aliphatic heterocycles. The van der Waals surface area contributed by atoms with E-state index in [4.69, 9.17) is 4.74 Å². The molecule has 2 aromatic heterocycles. The molecule has 0 fully saturated rings. The highest BCUT2D eigenvalue weighted by atomic mass is 32.1. The third-order valence-electron chi connectivity index (χ3n) is 3.96. The predicted molar refractivity (Wildman–Crippen MR) is 98.8 cm³/mol. The van der Waals surface area contributed by atoms with Crippen molar-refractivity contribution in [2.24, 2.45) is 7.05 Å². The van der Waals surface area contributed by atoms with Gasteiger partial charge in [0.2, 0.25) is 0 Å². The summed E-state index contributed by atoms with van der Waals surface area (Å²) in [6.45, 7) is 3.03. The Balaban J connectivity index is 1.59. The van der Waals surface area contributed by atoms with Crippen LogP contribution in [-0.4, -0.2) is 27.6 Å². The molecule has 0 aliphatic carbocycles. The van der Waals surface area contributed by atoms with Crippen LogP contribution in [-0.2, 0) is 20.2 Å². The first-order chi connectivity index (χ1) is 12.0. The Bertz CT molecular complexity index is 852. The molecule has 25 heavy (non-hydrogen) atoms. The maximum Gasteiger partial charge on any atom is 0.264 e. The minimum absolute atomic E-state index is 0.00721. The van der Waals surface area contributed by atoms with Crippen LogP contribution in [0.25, 0.3) is 0 Å². The molecule has 0 radical (unpaired) electrons. The summed E-state index contributed by atoms with van der Waals surface area (Å²) in [5.41, 5.74) is 3.20. The Morgan fingerprint density at radius 3 is 2.72 bits per heavy atom. The lowest BCUT2D eigenvalue weighted by molar-refractivity contribution is 0.0786. The van der Waals surface area contributed by atoms with E-state index in [1.165, 1.54) is 16.9 Å². The number of aromatic nitrogens is 2. The lowest BCUT2D eigenvalue weighted by Crippen LogP contribution is -2.26. The average Bonchev–Trinajstić information content (AvgIpc) is 3.23. The Labute approximate surface area is 151 Å². The molecule has 0 bridgehead atoms. The summed E-state index contributed by atoms with van der Waals surface area (Å²) in [5.74, 6) is 0.839. The van der Waals surface area contributed by atoms with E-state index in [9.17, 15) is 4.79 Å². The fourth-order valence-electron chi connectivity index (χ4n) is 2.42. The van der Waals surface area contributed by atoms with E-state index >= 15 is 0 Å². The second-order valence-electron chi connectivity index (χ2n) is 6.03. The molecule has 5 nitrogen and oxygen atoms in total. The van der Waals surface area contributed by atoms with Crippen molar-refractivity contribution in [1.29, 1.82) is 0 Å². The molecule has 1 aromatic carbocycles. The normalized spacial score (nSPS) is 10.7. The van der Waals surface area contributed by atoms with Crippen LogP contribution in [0.5, 0.6) is 5.75 Å². The SMILES string of the molecule is Cc1ccc(OCc2csc(C(=O)N(C)Cc3ccnn3C)c2)cc1. The van der Waals surface area contributed by atoms with Gasteiger partial charge in [-0.25, -0.2) is 0 Å². The molecular weight excluding hydrogens is 334 g/mol. The third kappa shape index (κ3) is 4.28. The van der Waals surface area contributed by atoms with Gasteiger partial charge in [0.1, 0.15) is 12.4 Å². The Kier molecular flexibility index (Phi) is 5.19. The zero-order valence-corrected chi connectivity index (χ0v) is 15.4. The summed E-state index contributed by atoms with van der Waals surface area (Å²) in [7, 11) is 3.68. The fraction of sp³-hybridized carbons (Fsp3) is 0.263. The van der Waals surface area contributed by atoms with Crippen LogP contribution in [0, 0.1) is 6.92 Å². The van der Waals surface area contributed by atoms with Crippen LogP contribution in [0.4, 0.5) is 0 Å². The summed E-state index contributed by atoms with van der Waals surface area (Å²) in [5, 5.41) is 6.10. The highest BCUT2D eigenvalue weighted by Gasteiger charge is 2.16. The van der Waals surface area contributed by atoms with E-state index in [2.05, 4.69) is 5.10 Å². The average molecular weight is 355 g/mol. The topological polar surface area (TPSA) is 47.4 Å². The van der Waals surface area contributed by atoms with E-state index in [1.54, 1.807) is 22.8 Å². The number of rotatable bonds is 6. The quantitative estimate of drug-likeness (QED) is 0.678. The van der Waals surface area contributed by atoms with Crippen molar-refractivity contribution in [2.75, 3.05) is 7.05 Å². The van der Waals surface area contributed by atoms with Gasteiger partial charge in [-0.1, -0.05) is 17.7 Å². The second kappa shape index (κ2) is 7.53.